The predicted octanol–water partition coefficient (Wildman–Crippen LogP) is 4.73. The molecule has 0 bridgehead atoms. The number of carbonyl (C=O) groups is 1. The molecule has 0 saturated heterocycles. The van der Waals surface area contributed by atoms with E-state index in [-0.39, 0.29) is 30.8 Å². The highest BCUT2D eigenvalue weighted by atomic mass is 19.4. The van der Waals surface area contributed by atoms with E-state index in [4.69, 9.17) is 4.74 Å². The van der Waals surface area contributed by atoms with Crippen LogP contribution in [0, 0.1) is 0 Å². The number of ether oxygens (including phenoxy) is 2. The first-order valence-electron chi connectivity index (χ1n) is 9.50. The van der Waals surface area contributed by atoms with E-state index in [1.807, 2.05) is 0 Å². The Labute approximate surface area is 180 Å². The molecular formula is C21H21F6NO4. The fraction of sp³-hybridized carbons (Fsp3) is 0.381. The summed E-state index contributed by atoms with van der Waals surface area (Å²) in [6.45, 7) is 0.781. The number of anilines is 1. The Balaban J connectivity index is 2.24. The third-order valence-corrected chi connectivity index (χ3v) is 4.30. The van der Waals surface area contributed by atoms with Crippen LogP contribution in [0.15, 0.2) is 48.5 Å². The van der Waals surface area contributed by atoms with Crippen LogP contribution in [0.5, 0.6) is 5.75 Å². The molecule has 2 aromatic rings. The number of alkyl halides is 6. The lowest BCUT2D eigenvalue weighted by Crippen LogP contribution is -2.42. The summed E-state index contributed by atoms with van der Waals surface area (Å²) in [6.07, 6.45) is -12.4. The number of aliphatic hydroxyl groups excluding tert-OH is 1. The van der Waals surface area contributed by atoms with Crippen LogP contribution in [-0.2, 0) is 11.2 Å². The lowest BCUT2D eigenvalue weighted by atomic mass is 10.1. The second-order valence-corrected chi connectivity index (χ2v) is 6.72. The van der Waals surface area contributed by atoms with Crippen LogP contribution in [0.25, 0.3) is 0 Å². The molecule has 0 spiro atoms. The van der Waals surface area contributed by atoms with E-state index in [2.05, 4.69) is 4.74 Å². The minimum Gasteiger partial charge on any atom is -0.462 e. The molecule has 0 aromatic heterocycles. The fourth-order valence-electron chi connectivity index (χ4n) is 2.84. The summed E-state index contributed by atoms with van der Waals surface area (Å²) < 4.78 is 84.8. The van der Waals surface area contributed by atoms with Gasteiger partial charge in [0.2, 0.25) is 0 Å². The van der Waals surface area contributed by atoms with Gasteiger partial charge in [-0.25, -0.2) is 4.79 Å². The van der Waals surface area contributed by atoms with Gasteiger partial charge in [-0.15, -0.1) is 13.2 Å². The molecule has 0 aliphatic heterocycles. The van der Waals surface area contributed by atoms with Crippen molar-refractivity contribution in [1.29, 1.82) is 0 Å². The number of benzene rings is 2. The van der Waals surface area contributed by atoms with Crippen molar-refractivity contribution in [3.63, 3.8) is 0 Å². The summed E-state index contributed by atoms with van der Waals surface area (Å²) in [6, 6.07) is 10.7. The van der Waals surface area contributed by atoms with Gasteiger partial charge >= 0.3 is 18.5 Å². The van der Waals surface area contributed by atoms with Crippen molar-refractivity contribution in [2.45, 2.75) is 32.0 Å². The molecule has 2 rings (SSSR count). The summed E-state index contributed by atoms with van der Waals surface area (Å²) in [5.74, 6) is -1.12. The van der Waals surface area contributed by atoms with Gasteiger partial charge in [0.15, 0.2) is 6.10 Å². The Morgan fingerprint density at radius 1 is 1.06 bits per heavy atom. The van der Waals surface area contributed by atoms with Gasteiger partial charge in [0.25, 0.3) is 0 Å². The maximum absolute atomic E-state index is 12.9. The van der Waals surface area contributed by atoms with Crippen molar-refractivity contribution in [1.82, 2.24) is 0 Å². The van der Waals surface area contributed by atoms with Gasteiger partial charge in [-0.1, -0.05) is 18.2 Å². The lowest BCUT2D eigenvalue weighted by molar-refractivity contribution is -0.274. The van der Waals surface area contributed by atoms with Gasteiger partial charge in [0.05, 0.1) is 18.7 Å². The first-order valence-corrected chi connectivity index (χ1v) is 9.50. The van der Waals surface area contributed by atoms with Gasteiger partial charge in [-0.3, -0.25) is 0 Å². The molecule has 11 heteroatoms. The molecule has 5 nitrogen and oxygen atoms in total. The predicted molar refractivity (Wildman–Crippen MR) is 104 cm³/mol. The molecule has 1 atom stereocenters. The number of hydrogen-bond donors (Lipinski definition) is 1. The van der Waals surface area contributed by atoms with Crippen molar-refractivity contribution in [3.8, 4) is 5.75 Å². The number of aliphatic hydroxyl groups is 1. The van der Waals surface area contributed by atoms with Crippen LogP contribution in [-0.4, -0.2) is 49.4 Å². The molecule has 0 fully saturated rings. The van der Waals surface area contributed by atoms with E-state index in [0.29, 0.717) is 5.56 Å². The van der Waals surface area contributed by atoms with E-state index >= 15 is 0 Å². The Morgan fingerprint density at radius 3 is 2.38 bits per heavy atom. The standard InChI is InChI=1S/C21H21F6NO4/c1-2-31-19(30)15-6-4-7-16(12-15)28(13-18(29)20(22,23)24)10-9-14-5-3-8-17(11-14)32-21(25,26)27/h3-8,11-12,18,29H,2,9-10,13H2,1H3. The minimum absolute atomic E-state index is 0.0449. The monoisotopic (exact) mass is 465 g/mol. The van der Waals surface area contributed by atoms with Gasteiger partial charge in [0.1, 0.15) is 5.75 Å². The fourth-order valence-corrected chi connectivity index (χ4v) is 2.84. The van der Waals surface area contributed by atoms with Crippen LogP contribution in [0.2, 0.25) is 0 Å². The zero-order valence-electron chi connectivity index (χ0n) is 16.9. The largest absolute Gasteiger partial charge is 0.573 e. The van der Waals surface area contributed by atoms with Crippen LogP contribution >= 0.6 is 0 Å². The molecule has 176 valence electrons. The molecule has 0 radical (unpaired) electrons. The Kier molecular flexibility index (Phi) is 8.37. The van der Waals surface area contributed by atoms with Crippen molar-refractivity contribution < 1.29 is 45.7 Å². The van der Waals surface area contributed by atoms with E-state index in [1.54, 1.807) is 6.92 Å². The zero-order valence-corrected chi connectivity index (χ0v) is 16.9. The SMILES string of the molecule is CCOC(=O)c1cccc(N(CCc2cccc(OC(F)(F)F)c2)CC(O)C(F)(F)F)c1. The maximum Gasteiger partial charge on any atom is 0.573 e. The number of esters is 1. The lowest BCUT2D eigenvalue weighted by Gasteiger charge is -2.28. The van der Waals surface area contributed by atoms with Gasteiger partial charge in [-0.05, 0) is 49.2 Å². The quantitative estimate of drug-likeness (QED) is 0.429. The normalized spacial score (nSPS) is 12.9. The molecular weight excluding hydrogens is 444 g/mol. The van der Waals surface area contributed by atoms with Crippen molar-refractivity contribution in [3.05, 3.63) is 59.7 Å². The van der Waals surface area contributed by atoms with Crippen molar-refractivity contribution in [2.75, 3.05) is 24.6 Å². The number of halogens is 6. The van der Waals surface area contributed by atoms with E-state index in [9.17, 15) is 36.2 Å². The maximum atomic E-state index is 12.9. The Bertz CT molecular complexity index is 900. The Hall–Kier alpha value is -2.95. The highest BCUT2D eigenvalue weighted by Crippen LogP contribution is 2.26. The topological polar surface area (TPSA) is 59.0 Å². The third-order valence-electron chi connectivity index (χ3n) is 4.30. The first-order chi connectivity index (χ1) is 14.9. The van der Waals surface area contributed by atoms with E-state index in [1.165, 1.54) is 41.3 Å². The minimum atomic E-state index is -4.88. The highest BCUT2D eigenvalue weighted by molar-refractivity contribution is 5.90. The van der Waals surface area contributed by atoms with Crippen LogP contribution < -0.4 is 9.64 Å². The first kappa shape index (κ1) is 25.3. The van der Waals surface area contributed by atoms with Crippen molar-refractivity contribution in [2.24, 2.45) is 0 Å². The average Bonchev–Trinajstić information content (AvgIpc) is 2.69. The molecule has 0 saturated carbocycles. The molecule has 0 aliphatic rings. The highest BCUT2D eigenvalue weighted by Gasteiger charge is 2.39. The van der Waals surface area contributed by atoms with Crippen LogP contribution in [0.3, 0.4) is 0 Å². The second-order valence-electron chi connectivity index (χ2n) is 6.72. The summed E-state index contributed by atoms with van der Waals surface area (Å²) in [5.41, 5.74) is 0.692. The Morgan fingerprint density at radius 2 is 1.75 bits per heavy atom. The molecule has 1 unspecified atom stereocenters. The van der Waals surface area contributed by atoms with E-state index in [0.717, 1.165) is 12.1 Å². The average molecular weight is 465 g/mol. The van der Waals surface area contributed by atoms with Crippen molar-refractivity contribution >= 4 is 11.7 Å². The van der Waals surface area contributed by atoms with Gasteiger partial charge in [-0.2, -0.15) is 13.2 Å². The molecule has 32 heavy (non-hydrogen) atoms. The molecule has 0 aliphatic carbocycles. The third kappa shape index (κ3) is 7.95. The van der Waals surface area contributed by atoms with Crippen LogP contribution in [0.4, 0.5) is 32.0 Å². The number of rotatable bonds is 9. The van der Waals surface area contributed by atoms with Crippen LogP contribution in [0.1, 0.15) is 22.8 Å². The zero-order chi connectivity index (χ0) is 23.9. The second kappa shape index (κ2) is 10.6. The molecule has 0 heterocycles. The summed E-state index contributed by atoms with van der Waals surface area (Å²) in [4.78, 5) is 13.1. The molecule has 1 N–H and O–H groups in total. The molecule has 0 amide bonds. The number of nitrogens with zero attached hydrogens (tertiary/aromatic N) is 1. The summed E-state index contributed by atoms with van der Waals surface area (Å²) in [7, 11) is 0. The molecule has 2 aromatic carbocycles. The number of carbonyl (C=O) groups excluding carboxylic acids is 1. The van der Waals surface area contributed by atoms with Gasteiger partial charge in [0, 0.05) is 12.2 Å². The van der Waals surface area contributed by atoms with Gasteiger partial charge < -0.3 is 19.5 Å². The smallest absolute Gasteiger partial charge is 0.462 e. The van der Waals surface area contributed by atoms with E-state index < -0.39 is 36.9 Å². The summed E-state index contributed by atoms with van der Waals surface area (Å²) >= 11 is 0. The summed E-state index contributed by atoms with van der Waals surface area (Å²) in [5, 5.41) is 9.55. The number of hydrogen-bond acceptors (Lipinski definition) is 5.